The first-order chi connectivity index (χ1) is 10.0. The van der Waals surface area contributed by atoms with E-state index in [2.05, 4.69) is 11.4 Å². The molecule has 8 heteroatoms. The van der Waals surface area contributed by atoms with Gasteiger partial charge in [0.25, 0.3) is 11.6 Å². The molecule has 0 heterocycles. The van der Waals surface area contributed by atoms with Crippen molar-refractivity contribution in [3.8, 4) is 0 Å². The molecule has 0 radical (unpaired) electrons. The summed E-state index contributed by atoms with van der Waals surface area (Å²) >= 11 is 0. The maximum atomic E-state index is 11.4. The number of amides is 1. The minimum atomic E-state index is -0.729. The first-order valence-electron chi connectivity index (χ1n) is 5.93. The highest BCUT2D eigenvalue weighted by atomic mass is 16.7. The van der Waals surface area contributed by atoms with Gasteiger partial charge >= 0.3 is 5.97 Å². The van der Waals surface area contributed by atoms with Crippen molar-refractivity contribution in [1.82, 2.24) is 5.48 Å². The first-order valence-corrected chi connectivity index (χ1v) is 5.93. The Bertz CT molecular complexity index is 526. The van der Waals surface area contributed by atoms with Gasteiger partial charge < -0.3 is 4.74 Å². The molecule has 21 heavy (non-hydrogen) atoms. The number of non-ortho nitro benzene ring substituents is 1. The molecule has 0 bridgehead atoms. The zero-order chi connectivity index (χ0) is 15.7. The van der Waals surface area contributed by atoms with Gasteiger partial charge in [-0.05, 0) is 17.7 Å². The lowest BCUT2D eigenvalue weighted by Crippen LogP contribution is -2.26. The Labute approximate surface area is 120 Å². The van der Waals surface area contributed by atoms with Gasteiger partial charge in [0.1, 0.15) is 13.0 Å². The normalized spacial score (nSPS) is 9.71. The van der Waals surface area contributed by atoms with E-state index in [4.69, 9.17) is 4.74 Å². The predicted octanol–water partition coefficient (Wildman–Crippen LogP) is 1.26. The molecule has 0 aliphatic carbocycles. The highest BCUT2D eigenvalue weighted by molar-refractivity contribution is 5.93. The summed E-state index contributed by atoms with van der Waals surface area (Å²) in [5.41, 5.74) is 2.58. The van der Waals surface area contributed by atoms with Crippen LogP contribution >= 0.6 is 0 Å². The van der Waals surface area contributed by atoms with E-state index in [1.54, 1.807) is 0 Å². The Morgan fingerprint density at radius 3 is 2.57 bits per heavy atom. The summed E-state index contributed by atoms with van der Waals surface area (Å²) in [4.78, 5) is 37.2. The molecular formula is C13H14N2O6. The summed E-state index contributed by atoms with van der Waals surface area (Å²) in [6.45, 7) is 3.45. The second-order valence-corrected chi connectivity index (χ2v) is 3.89. The molecule has 1 N–H and O–H groups in total. The van der Waals surface area contributed by atoms with Crippen LogP contribution in [0.4, 0.5) is 5.69 Å². The van der Waals surface area contributed by atoms with E-state index in [9.17, 15) is 19.7 Å². The van der Waals surface area contributed by atoms with Crippen LogP contribution in [-0.2, 0) is 25.8 Å². The molecule has 1 aromatic rings. The van der Waals surface area contributed by atoms with E-state index in [0.717, 1.165) is 0 Å². The lowest BCUT2D eigenvalue weighted by Gasteiger charge is -2.05. The summed E-state index contributed by atoms with van der Waals surface area (Å²) in [5.74, 6) is -1.36. The fourth-order valence-corrected chi connectivity index (χ4v) is 1.28. The standard InChI is InChI=1S/C13H14N2O6/c1-2-7-21-14-12(16)8-13(17)20-9-10-3-5-11(6-4-10)15(18)19/h2-6H,1,7-9H2,(H,14,16). The number of hydroxylamine groups is 1. The highest BCUT2D eigenvalue weighted by Crippen LogP contribution is 2.12. The lowest BCUT2D eigenvalue weighted by molar-refractivity contribution is -0.384. The van der Waals surface area contributed by atoms with E-state index >= 15 is 0 Å². The molecule has 0 fully saturated rings. The molecule has 0 spiro atoms. The molecule has 0 saturated heterocycles. The Kier molecular flexibility index (Phi) is 6.55. The van der Waals surface area contributed by atoms with E-state index < -0.39 is 23.2 Å². The van der Waals surface area contributed by atoms with Crippen molar-refractivity contribution in [3.63, 3.8) is 0 Å². The van der Waals surface area contributed by atoms with Gasteiger partial charge in [0.2, 0.25) is 0 Å². The number of rotatable bonds is 8. The molecule has 112 valence electrons. The van der Waals surface area contributed by atoms with Crippen molar-refractivity contribution in [3.05, 3.63) is 52.6 Å². The zero-order valence-corrected chi connectivity index (χ0v) is 11.1. The van der Waals surface area contributed by atoms with Crippen molar-refractivity contribution in [2.45, 2.75) is 13.0 Å². The van der Waals surface area contributed by atoms with E-state index in [-0.39, 0.29) is 18.9 Å². The number of ether oxygens (including phenoxy) is 1. The minimum Gasteiger partial charge on any atom is -0.460 e. The Morgan fingerprint density at radius 2 is 2.00 bits per heavy atom. The minimum absolute atomic E-state index is 0.0520. The van der Waals surface area contributed by atoms with Gasteiger partial charge in [0.05, 0.1) is 11.5 Å². The SMILES string of the molecule is C=CCONC(=O)CC(=O)OCc1ccc([N+](=O)[O-])cc1. The van der Waals surface area contributed by atoms with Crippen LogP contribution in [0.1, 0.15) is 12.0 Å². The van der Waals surface area contributed by atoms with Crippen molar-refractivity contribution < 1.29 is 24.1 Å². The van der Waals surface area contributed by atoms with Gasteiger partial charge in [-0.1, -0.05) is 6.08 Å². The molecule has 8 nitrogen and oxygen atoms in total. The van der Waals surface area contributed by atoms with E-state index in [1.165, 1.54) is 30.3 Å². The lowest BCUT2D eigenvalue weighted by atomic mass is 10.2. The largest absolute Gasteiger partial charge is 0.460 e. The highest BCUT2D eigenvalue weighted by Gasteiger charge is 2.11. The zero-order valence-electron chi connectivity index (χ0n) is 11.1. The van der Waals surface area contributed by atoms with Crippen molar-refractivity contribution in [2.75, 3.05) is 6.61 Å². The monoisotopic (exact) mass is 294 g/mol. The molecule has 1 rings (SSSR count). The van der Waals surface area contributed by atoms with Gasteiger partial charge in [0.15, 0.2) is 0 Å². The van der Waals surface area contributed by atoms with Gasteiger partial charge in [-0.3, -0.25) is 24.5 Å². The summed E-state index contributed by atoms with van der Waals surface area (Å²) in [6, 6.07) is 5.55. The molecule has 1 aromatic carbocycles. The second kappa shape index (κ2) is 8.43. The predicted molar refractivity (Wildman–Crippen MR) is 71.8 cm³/mol. The van der Waals surface area contributed by atoms with Gasteiger partial charge in [-0.25, -0.2) is 5.48 Å². The number of hydrogen-bond acceptors (Lipinski definition) is 6. The van der Waals surface area contributed by atoms with Crippen LogP contribution in [0.2, 0.25) is 0 Å². The van der Waals surface area contributed by atoms with E-state index in [1.807, 2.05) is 5.48 Å². The van der Waals surface area contributed by atoms with E-state index in [0.29, 0.717) is 5.56 Å². The molecule has 0 saturated carbocycles. The molecule has 0 atom stereocenters. The number of nitrogens with one attached hydrogen (secondary N) is 1. The van der Waals surface area contributed by atoms with Crippen LogP contribution in [0.5, 0.6) is 0 Å². The van der Waals surface area contributed by atoms with Crippen molar-refractivity contribution in [2.24, 2.45) is 0 Å². The van der Waals surface area contributed by atoms with Crippen molar-refractivity contribution >= 4 is 17.6 Å². The molecule has 0 aromatic heterocycles. The molecular weight excluding hydrogens is 280 g/mol. The molecule has 0 aliphatic heterocycles. The third-order valence-electron chi connectivity index (χ3n) is 2.24. The fraction of sp³-hybridized carbons (Fsp3) is 0.231. The summed E-state index contributed by atoms with van der Waals surface area (Å²) in [6.07, 6.45) is 0.956. The average Bonchev–Trinajstić information content (AvgIpc) is 2.46. The molecule has 0 unspecified atom stereocenters. The Morgan fingerprint density at radius 1 is 1.33 bits per heavy atom. The van der Waals surface area contributed by atoms with Gasteiger partial charge in [-0.15, -0.1) is 6.58 Å². The number of esters is 1. The van der Waals surface area contributed by atoms with Crippen LogP contribution in [0.15, 0.2) is 36.9 Å². The van der Waals surface area contributed by atoms with Crippen LogP contribution in [0.25, 0.3) is 0 Å². The fourth-order valence-electron chi connectivity index (χ4n) is 1.28. The number of nitro groups is 1. The van der Waals surface area contributed by atoms with Crippen LogP contribution < -0.4 is 5.48 Å². The van der Waals surface area contributed by atoms with Crippen LogP contribution in [0.3, 0.4) is 0 Å². The summed E-state index contributed by atoms with van der Waals surface area (Å²) in [5, 5.41) is 10.5. The third kappa shape index (κ3) is 6.30. The number of hydrogen-bond donors (Lipinski definition) is 1. The van der Waals surface area contributed by atoms with Crippen molar-refractivity contribution in [1.29, 1.82) is 0 Å². The second-order valence-electron chi connectivity index (χ2n) is 3.89. The quantitative estimate of drug-likeness (QED) is 0.193. The number of nitro benzene ring substituents is 1. The molecule has 1 amide bonds. The van der Waals surface area contributed by atoms with Crippen LogP contribution in [-0.4, -0.2) is 23.4 Å². The Balaban J connectivity index is 2.33. The average molecular weight is 294 g/mol. The summed E-state index contributed by atoms with van der Waals surface area (Å²) in [7, 11) is 0. The smallest absolute Gasteiger partial charge is 0.315 e. The number of nitrogens with zero attached hydrogens (tertiary/aromatic N) is 1. The number of benzene rings is 1. The molecule has 0 aliphatic rings. The maximum Gasteiger partial charge on any atom is 0.315 e. The number of carbonyl (C=O) groups excluding carboxylic acids is 2. The maximum absolute atomic E-state index is 11.4. The topological polar surface area (TPSA) is 108 Å². The third-order valence-corrected chi connectivity index (χ3v) is 2.24. The number of carbonyl (C=O) groups is 2. The van der Waals surface area contributed by atoms with Crippen LogP contribution in [0, 0.1) is 10.1 Å². The Hall–Kier alpha value is -2.74. The van der Waals surface area contributed by atoms with Gasteiger partial charge in [-0.2, -0.15) is 0 Å². The summed E-state index contributed by atoms with van der Waals surface area (Å²) < 4.78 is 4.86. The first kappa shape index (κ1) is 16.3. The van der Waals surface area contributed by atoms with Gasteiger partial charge in [0, 0.05) is 12.1 Å².